The second kappa shape index (κ2) is 10.6. The highest BCUT2D eigenvalue weighted by molar-refractivity contribution is 14.0. The van der Waals surface area contributed by atoms with Gasteiger partial charge in [-0.1, -0.05) is 6.92 Å². The van der Waals surface area contributed by atoms with Gasteiger partial charge in [0.2, 0.25) is 0 Å². The molecule has 0 saturated heterocycles. The Labute approximate surface area is 158 Å². The molecule has 2 N–H and O–H groups in total. The van der Waals surface area contributed by atoms with Crippen molar-refractivity contribution >= 4 is 41.3 Å². The third kappa shape index (κ3) is 6.86. The molecule has 6 nitrogen and oxygen atoms in total. The highest BCUT2D eigenvalue weighted by Gasteiger charge is 2.02. The first-order chi connectivity index (χ1) is 10.7. The van der Waals surface area contributed by atoms with Crippen molar-refractivity contribution in [2.45, 2.75) is 33.2 Å². The van der Waals surface area contributed by atoms with E-state index in [0.717, 1.165) is 38.4 Å². The molecule has 0 aliphatic rings. The van der Waals surface area contributed by atoms with E-state index in [4.69, 9.17) is 0 Å². The van der Waals surface area contributed by atoms with Crippen molar-refractivity contribution in [1.82, 2.24) is 25.4 Å². The summed E-state index contributed by atoms with van der Waals surface area (Å²) in [5, 5.41) is 12.0. The predicted molar refractivity (Wildman–Crippen MR) is 107 cm³/mol. The third-order valence-corrected chi connectivity index (χ3v) is 4.40. The molecule has 0 saturated carbocycles. The number of halogens is 1. The van der Waals surface area contributed by atoms with Crippen LogP contribution in [0.2, 0.25) is 0 Å². The van der Waals surface area contributed by atoms with Crippen LogP contribution in [0.1, 0.15) is 22.4 Å². The van der Waals surface area contributed by atoms with Crippen LogP contribution in [0.25, 0.3) is 0 Å². The van der Waals surface area contributed by atoms with Gasteiger partial charge in [0, 0.05) is 43.8 Å². The molecule has 0 aliphatic carbocycles. The Hall–Kier alpha value is -1.16. The quantitative estimate of drug-likeness (QED) is 0.388. The molecular weight excluding hydrogens is 423 g/mol. The van der Waals surface area contributed by atoms with Crippen molar-refractivity contribution in [2.75, 3.05) is 20.1 Å². The van der Waals surface area contributed by atoms with Gasteiger partial charge in [0.05, 0.1) is 17.7 Å². The van der Waals surface area contributed by atoms with Crippen LogP contribution in [0, 0.1) is 6.92 Å². The van der Waals surface area contributed by atoms with E-state index in [9.17, 15) is 0 Å². The first-order valence-corrected chi connectivity index (χ1v) is 8.40. The first kappa shape index (κ1) is 19.9. The monoisotopic (exact) mass is 448 g/mol. The average Bonchev–Trinajstić information content (AvgIpc) is 3.14. The summed E-state index contributed by atoms with van der Waals surface area (Å²) in [5.41, 5.74) is 1.18. The number of thiazole rings is 1. The maximum absolute atomic E-state index is 4.42. The Morgan fingerprint density at radius 1 is 1.30 bits per heavy atom. The van der Waals surface area contributed by atoms with Gasteiger partial charge in [-0.3, -0.25) is 9.67 Å². The van der Waals surface area contributed by atoms with Crippen LogP contribution in [-0.2, 0) is 19.4 Å². The highest BCUT2D eigenvalue weighted by atomic mass is 127. The lowest BCUT2D eigenvalue weighted by molar-refractivity contribution is 0.597. The molecule has 128 valence electrons. The van der Waals surface area contributed by atoms with E-state index in [0.29, 0.717) is 0 Å². The maximum Gasteiger partial charge on any atom is 0.191 e. The van der Waals surface area contributed by atoms with E-state index < -0.39 is 0 Å². The molecule has 2 aromatic heterocycles. The Bertz CT molecular complexity index is 607. The zero-order valence-corrected chi connectivity index (χ0v) is 17.0. The van der Waals surface area contributed by atoms with Gasteiger partial charge < -0.3 is 10.6 Å². The summed E-state index contributed by atoms with van der Waals surface area (Å²) in [6.07, 6.45) is 7.85. The molecular formula is C15H25IN6S. The molecule has 0 aliphatic heterocycles. The lowest BCUT2D eigenvalue weighted by atomic mass is 10.4. The molecule has 2 aromatic rings. The zero-order chi connectivity index (χ0) is 15.8. The van der Waals surface area contributed by atoms with Crippen LogP contribution >= 0.6 is 35.3 Å². The Kier molecular flexibility index (Phi) is 9.15. The average molecular weight is 448 g/mol. The molecule has 0 amide bonds. The topological polar surface area (TPSA) is 67.1 Å². The second-order valence-corrected chi connectivity index (χ2v) is 6.23. The van der Waals surface area contributed by atoms with Gasteiger partial charge in [0.25, 0.3) is 0 Å². The molecule has 0 fully saturated rings. The van der Waals surface area contributed by atoms with Crippen LogP contribution in [0.15, 0.2) is 23.6 Å². The normalized spacial score (nSPS) is 11.2. The number of rotatable bonds is 7. The lowest BCUT2D eigenvalue weighted by Gasteiger charge is -2.11. The predicted octanol–water partition coefficient (Wildman–Crippen LogP) is 2.24. The maximum atomic E-state index is 4.42. The van der Waals surface area contributed by atoms with Crippen molar-refractivity contribution in [3.05, 3.63) is 34.0 Å². The number of aryl methyl sites for hydroxylation is 2. The van der Waals surface area contributed by atoms with E-state index >= 15 is 0 Å². The van der Waals surface area contributed by atoms with Gasteiger partial charge in [-0.2, -0.15) is 5.10 Å². The van der Waals surface area contributed by atoms with Gasteiger partial charge in [-0.15, -0.1) is 35.3 Å². The highest BCUT2D eigenvalue weighted by Crippen LogP contribution is 2.13. The van der Waals surface area contributed by atoms with E-state index in [1.165, 1.54) is 15.4 Å². The molecule has 0 aromatic carbocycles. The van der Waals surface area contributed by atoms with Crippen molar-refractivity contribution in [1.29, 1.82) is 0 Å². The summed E-state index contributed by atoms with van der Waals surface area (Å²) in [4.78, 5) is 9.99. The minimum absolute atomic E-state index is 0. The molecule has 0 radical (unpaired) electrons. The Balaban J connectivity index is 0.00000264. The molecule has 23 heavy (non-hydrogen) atoms. The molecule has 2 rings (SSSR count). The van der Waals surface area contributed by atoms with Crippen molar-refractivity contribution in [3.63, 3.8) is 0 Å². The zero-order valence-electron chi connectivity index (χ0n) is 13.9. The van der Waals surface area contributed by atoms with Crippen molar-refractivity contribution in [2.24, 2.45) is 4.99 Å². The van der Waals surface area contributed by atoms with Gasteiger partial charge in [0.1, 0.15) is 0 Å². The van der Waals surface area contributed by atoms with Gasteiger partial charge >= 0.3 is 0 Å². The van der Waals surface area contributed by atoms with E-state index in [1.807, 2.05) is 30.2 Å². The van der Waals surface area contributed by atoms with E-state index in [2.05, 4.69) is 32.6 Å². The van der Waals surface area contributed by atoms with Crippen LogP contribution in [0.5, 0.6) is 0 Å². The van der Waals surface area contributed by atoms with Gasteiger partial charge in [-0.05, 0) is 18.9 Å². The summed E-state index contributed by atoms with van der Waals surface area (Å²) in [5.74, 6) is 0.816. The Morgan fingerprint density at radius 2 is 2.09 bits per heavy atom. The summed E-state index contributed by atoms with van der Waals surface area (Å²) in [7, 11) is 1.78. The van der Waals surface area contributed by atoms with Gasteiger partial charge in [-0.25, -0.2) is 4.98 Å². The van der Waals surface area contributed by atoms with Gasteiger partial charge in [0.15, 0.2) is 5.96 Å². The standard InChI is InChI=1S/C15H24N6S.HI/c1-4-13-10-19-14(22-13)5-6-17-15(16-3)18-7-8-21-11-12(2)9-20-21;/h9-11H,4-8H2,1-3H3,(H2,16,17,18);1H. The van der Waals surface area contributed by atoms with Crippen LogP contribution < -0.4 is 10.6 Å². The number of nitrogens with zero attached hydrogens (tertiary/aromatic N) is 4. The number of guanidine groups is 1. The largest absolute Gasteiger partial charge is 0.356 e. The molecule has 0 unspecified atom stereocenters. The SMILES string of the molecule is CCc1cnc(CCNC(=NC)NCCn2cc(C)cn2)s1.I. The summed E-state index contributed by atoms with van der Waals surface area (Å²) >= 11 is 1.79. The van der Waals surface area contributed by atoms with Crippen molar-refractivity contribution < 1.29 is 0 Å². The fourth-order valence-electron chi connectivity index (χ4n) is 2.01. The second-order valence-electron chi connectivity index (χ2n) is 5.03. The van der Waals surface area contributed by atoms with Crippen LogP contribution in [0.4, 0.5) is 0 Å². The minimum atomic E-state index is 0. The van der Waals surface area contributed by atoms with Crippen LogP contribution in [0.3, 0.4) is 0 Å². The molecule has 0 atom stereocenters. The number of hydrogen-bond acceptors (Lipinski definition) is 4. The van der Waals surface area contributed by atoms with Crippen LogP contribution in [-0.4, -0.2) is 40.9 Å². The minimum Gasteiger partial charge on any atom is -0.356 e. The smallest absolute Gasteiger partial charge is 0.191 e. The summed E-state index contributed by atoms with van der Waals surface area (Å²) in [6.45, 7) is 6.64. The number of nitrogens with one attached hydrogen (secondary N) is 2. The Morgan fingerprint density at radius 3 is 2.70 bits per heavy atom. The third-order valence-electron chi connectivity index (χ3n) is 3.20. The molecule has 8 heteroatoms. The molecule has 2 heterocycles. The summed E-state index contributed by atoms with van der Waals surface area (Å²) < 4.78 is 1.93. The fraction of sp³-hybridized carbons (Fsp3) is 0.533. The first-order valence-electron chi connectivity index (χ1n) is 7.58. The fourth-order valence-corrected chi connectivity index (χ4v) is 2.88. The summed E-state index contributed by atoms with van der Waals surface area (Å²) in [6, 6.07) is 0. The van der Waals surface area contributed by atoms with E-state index in [1.54, 1.807) is 18.4 Å². The molecule has 0 spiro atoms. The van der Waals surface area contributed by atoms with E-state index in [-0.39, 0.29) is 24.0 Å². The number of hydrogen-bond donors (Lipinski definition) is 2. The number of aromatic nitrogens is 3. The van der Waals surface area contributed by atoms with Crippen molar-refractivity contribution in [3.8, 4) is 0 Å². The lowest BCUT2D eigenvalue weighted by Crippen LogP contribution is -2.39. The number of aliphatic imine (C=N–C) groups is 1. The molecule has 0 bridgehead atoms.